The van der Waals surface area contributed by atoms with Crippen molar-refractivity contribution in [2.45, 2.75) is 6.92 Å². The third-order valence-electron chi connectivity index (χ3n) is 1.86. The van der Waals surface area contributed by atoms with Gasteiger partial charge >= 0.3 is 5.91 Å². The number of aryl methyl sites for hydroxylation is 1. The van der Waals surface area contributed by atoms with Crippen LogP contribution in [0.25, 0.3) is 0 Å². The summed E-state index contributed by atoms with van der Waals surface area (Å²) in [4.78, 5) is 11.4. The quantitative estimate of drug-likeness (QED) is 0.632. The van der Waals surface area contributed by atoms with Gasteiger partial charge in [0.25, 0.3) is 0 Å². The summed E-state index contributed by atoms with van der Waals surface area (Å²) in [5.41, 5.74) is 2.32. The minimum Gasteiger partial charge on any atom is -0.460 e. The van der Waals surface area contributed by atoms with Crippen molar-refractivity contribution in [2.24, 2.45) is 5.10 Å². The predicted molar refractivity (Wildman–Crippen MR) is 57.2 cm³/mol. The standard InChI is InChI=1S/C11H10N2O3/c1-8-4-5-9(16-8)7-12-13-11(14)10-3-2-6-15-10/h2-7H,1H3,(H,13,14)/b12-7+. The lowest BCUT2D eigenvalue weighted by atomic mass is 10.4. The lowest BCUT2D eigenvalue weighted by Gasteiger charge is -1.93. The van der Waals surface area contributed by atoms with Crippen molar-refractivity contribution >= 4 is 12.1 Å². The van der Waals surface area contributed by atoms with Gasteiger partial charge in [0.05, 0.1) is 12.5 Å². The summed E-state index contributed by atoms with van der Waals surface area (Å²) in [6, 6.07) is 6.77. The predicted octanol–water partition coefficient (Wildman–Crippen LogP) is 1.94. The van der Waals surface area contributed by atoms with Crippen molar-refractivity contribution in [3.63, 3.8) is 0 Å². The normalized spacial score (nSPS) is 10.8. The number of rotatable bonds is 3. The Morgan fingerprint density at radius 2 is 2.31 bits per heavy atom. The van der Waals surface area contributed by atoms with Crippen molar-refractivity contribution in [3.8, 4) is 0 Å². The molecule has 0 aliphatic heterocycles. The largest absolute Gasteiger partial charge is 0.460 e. The molecule has 0 spiro atoms. The highest BCUT2D eigenvalue weighted by Crippen LogP contribution is 2.03. The Labute approximate surface area is 91.7 Å². The van der Waals surface area contributed by atoms with Crippen LogP contribution in [-0.4, -0.2) is 12.1 Å². The second-order valence-electron chi connectivity index (χ2n) is 3.12. The molecule has 0 atom stereocenters. The molecule has 0 aliphatic rings. The highest BCUT2D eigenvalue weighted by molar-refractivity contribution is 5.92. The Hall–Kier alpha value is -2.30. The molecule has 16 heavy (non-hydrogen) atoms. The average molecular weight is 218 g/mol. The van der Waals surface area contributed by atoms with Gasteiger partial charge in [-0.25, -0.2) is 5.43 Å². The zero-order chi connectivity index (χ0) is 11.4. The summed E-state index contributed by atoms with van der Waals surface area (Å²) in [5, 5.41) is 3.73. The molecule has 0 saturated heterocycles. The van der Waals surface area contributed by atoms with Crippen molar-refractivity contribution in [1.82, 2.24) is 5.43 Å². The number of furan rings is 2. The van der Waals surface area contributed by atoms with Gasteiger partial charge in [-0.15, -0.1) is 0 Å². The number of hydrazone groups is 1. The van der Waals surface area contributed by atoms with Crippen LogP contribution >= 0.6 is 0 Å². The first-order chi connectivity index (χ1) is 7.75. The van der Waals surface area contributed by atoms with Gasteiger partial charge in [0.15, 0.2) is 5.76 Å². The van der Waals surface area contributed by atoms with Crippen LogP contribution in [0.1, 0.15) is 22.1 Å². The molecule has 0 fully saturated rings. The van der Waals surface area contributed by atoms with E-state index in [2.05, 4.69) is 10.5 Å². The van der Waals surface area contributed by atoms with Gasteiger partial charge in [0, 0.05) is 0 Å². The summed E-state index contributed by atoms with van der Waals surface area (Å²) in [5.74, 6) is 1.19. The second kappa shape index (κ2) is 4.48. The highest BCUT2D eigenvalue weighted by atomic mass is 16.3. The Morgan fingerprint density at radius 1 is 1.44 bits per heavy atom. The molecular weight excluding hydrogens is 208 g/mol. The van der Waals surface area contributed by atoms with Crippen LogP contribution < -0.4 is 5.43 Å². The first kappa shape index (κ1) is 10.2. The van der Waals surface area contributed by atoms with E-state index >= 15 is 0 Å². The van der Waals surface area contributed by atoms with Gasteiger partial charge in [-0.3, -0.25) is 4.79 Å². The maximum Gasteiger partial charge on any atom is 0.307 e. The molecule has 2 heterocycles. The third kappa shape index (κ3) is 2.38. The summed E-state index contributed by atoms with van der Waals surface area (Å²) in [6.45, 7) is 1.83. The molecule has 2 rings (SSSR count). The molecule has 1 N–H and O–H groups in total. The zero-order valence-corrected chi connectivity index (χ0v) is 8.64. The van der Waals surface area contributed by atoms with Crippen molar-refractivity contribution in [1.29, 1.82) is 0 Å². The highest BCUT2D eigenvalue weighted by Gasteiger charge is 2.05. The Balaban J connectivity index is 1.93. The van der Waals surface area contributed by atoms with E-state index in [1.165, 1.54) is 12.5 Å². The van der Waals surface area contributed by atoms with E-state index in [4.69, 9.17) is 8.83 Å². The van der Waals surface area contributed by atoms with Gasteiger partial charge in [-0.1, -0.05) is 0 Å². The zero-order valence-electron chi connectivity index (χ0n) is 8.64. The molecule has 0 aromatic carbocycles. The molecule has 5 heteroatoms. The number of nitrogens with zero attached hydrogens (tertiary/aromatic N) is 1. The minimum absolute atomic E-state index is 0.216. The van der Waals surface area contributed by atoms with E-state index in [0.717, 1.165) is 5.76 Å². The van der Waals surface area contributed by atoms with Crippen LogP contribution in [-0.2, 0) is 0 Å². The summed E-state index contributed by atoms with van der Waals surface area (Å²) >= 11 is 0. The van der Waals surface area contributed by atoms with Crippen LogP contribution in [0.15, 0.2) is 44.5 Å². The van der Waals surface area contributed by atoms with Crippen LogP contribution in [0, 0.1) is 6.92 Å². The van der Waals surface area contributed by atoms with E-state index in [9.17, 15) is 4.79 Å². The van der Waals surface area contributed by atoms with Crippen molar-refractivity contribution in [2.75, 3.05) is 0 Å². The molecule has 1 amide bonds. The monoisotopic (exact) mass is 218 g/mol. The molecule has 2 aromatic heterocycles. The summed E-state index contributed by atoms with van der Waals surface area (Å²) in [7, 11) is 0. The molecule has 5 nitrogen and oxygen atoms in total. The SMILES string of the molecule is Cc1ccc(/C=N/NC(=O)c2ccco2)o1. The Bertz CT molecular complexity index is 497. The fraction of sp³-hybridized carbons (Fsp3) is 0.0909. The Morgan fingerprint density at radius 3 is 2.94 bits per heavy atom. The first-order valence-corrected chi connectivity index (χ1v) is 4.69. The lowest BCUT2D eigenvalue weighted by Crippen LogP contribution is -2.16. The molecule has 0 unspecified atom stereocenters. The number of hydrogen-bond donors (Lipinski definition) is 1. The average Bonchev–Trinajstić information content (AvgIpc) is 2.89. The second-order valence-corrected chi connectivity index (χ2v) is 3.12. The molecule has 0 bridgehead atoms. The molecule has 0 saturated carbocycles. The topological polar surface area (TPSA) is 67.7 Å². The third-order valence-corrected chi connectivity index (χ3v) is 1.86. The van der Waals surface area contributed by atoms with Crippen LogP contribution in [0.3, 0.4) is 0 Å². The molecule has 2 aromatic rings. The van der Waals surface area contributed by atoms with Crippen LogP contribution in [0.5, 0.6) is 0 Å². The van der Waals surface area contributed by atoms with E-state index in [1.54, 1.807) is 18.2 Å². The van der Waals surface area contributed by atoms with Gasteiger partial charge < -0.3 is 8.83 Å². The molecular formula is C11H10N2O3. The van der Waals surface area contributed by atoms with Crippen molar-refractivity contribution < 1.29 is 13.6 Å². The number of carbonyl (C=O) groups excluding carboxylic acids is 1. The van der Waals surface area contributed by atoms with E-state index in [0.29, 0.717) is 5.76 Å². The maximum atomic E-state index is 11.4. The number of nitrogens with one attached hydrogen (secondary N) is 1. The summed E-state index contributed by atoms with van der Waals surface area (Å²) in [6.07, 6.45) is 2.85. The summed E-state index contributed by atoms with van der Waals surface area (Å²) < 4.78 is 10.1. The first-order valence-electron chi connectivity index (χ1n) is 4.69. The van der Waals surface area contributed by atoms with Gasteiger partial charge in [0.2, 0.25) is 0 Å². The van der Waals surface area contributed by atoms with Crippen LogP contribution in [0.2, 0.25) is 0 Å². The fourth-order valence-corrected chi connectivity index (χ4v) is 1.14. The van der Waals surface area contributed by atoms with Gasteiger partial charge in [-0.05, 0) is 31.2 Å². The van der Waals surface area contributed by atoms with Crippen LogP contribution in [0.4, 0.5) is 0 Å². The molecule has 82 valence electrons. The van der Waals surface area contributed by atoms with Crippen molar-refractivity contribution in [3.05, 3.63) is 47.8 Å². The number of hydrogen-bond acceptors (Lipinski definition) is 4. The smallest absolute Gasteiger partial charge is 0.307 e. The lowest BCUT2D eigenvalue weighted by molar-refractivity contribution is 0.0927. The van der Waals surface area contributed by atoms with E-state index < -0.39 is 5.91 Å². The Kier molecular flexibility index (Phi) is 2.86. The van der Waals surface area contributed by atoms with Gasteiger partial charge in [0.1, 0.15) is 11.5 Å². The maximum absolute atomic E-state index is 11.4. The molecule has 0 aliphatic carbocycles. The van der Waals surface area contributed by atoms with E-state index in [1.807, 2.05) is 13.0 Å². The van der Waals surface area contributed by atoms with E-state index in [-0.39, 0.29) is 5.76 Å². The number of carbonyl (C=O) groups is 1. The fourth-order valence-electron chi connectivity index (χ4n) is 1.14. The minimum atomic E-state index is -0.399. The molecule has 0 radical (unpaired) electrons. The van der Waals surface area contributed by atoms with Gasteiger partial charge in [-0.2, -0.15) is 5.10 Å². The number of amides is 1.